The van der Waals surface area contributed by atoms with Crippen molar-refractivity contribution in [1.29, 1.82) is 0 Å². The maximum Gasteiger partial charge on any atom is 0.185 e. The predicted molar refractivity (Wildman–Crippen MR) is 98.4 cm³/mol. The molecule has 0 spiro atoms. The van der Waals surface area contributed by atoms with Gasteiger partial charge in [-0.2, -0.15) is 0 Å². The van der Waals surface area contributed by atoms with Gasteiger partial charge in [-0.3, -0.25) is 9.59 Å². The van der Waals surface area contributed by atoms with E-state index >= 15 is 0 Å². The zero-order valence-electron chi connectivity index (χ0n) is 14.5. The van der Waals surface area contributed by atoms with Crippen LogP contribution in [0.3, 0.4) is 0 Å². The first-order valence-electron chi connectivity index (χ1n) is 8.21. The smallest absolute Gasteiger partial charge is 0.185 e. The highest BCUT2D eigenvalue weighted by molar-refractivity contribution is 7.18. The highest BCUT2D eigenvalue weighted by atomic mass is 32.1. The number of fused-ring (bicyclic) bond motifs is 1. The van der Waals surface area contributed by atoms with Crippen molar-refractivity contribution in [3.8, 4) is 0 Å². The minimum atomic E-state index is 0.0116. The molecule has 4 heteroatoms. The molecule has 0 bridgehead atoms. The van der Waals surface area contributed by atoms with Crippen LogP contribution in [0.15, 0.2) is 40.5 Å². The average Bonchev–Trinajstić information content (AvgIpc) is 2.96. The molecular weight excluding hydrogens is 318 g/mol. The second-order valence-electron chi connectivity index (χ2n) is 6.44. The van der Waals surface area contributed by atoms with Crippen molar-refractivity contribution in [2.45, 2.75) is 47.0 Å². The Morgan fingerprint density at radius 3 is 2.38 bits per heavy atom. The van der Waals surface area contributed by atoms with Gasteiger partial charge in [-0.05, 0) is 64.7 Å². The van der Waals surface area contributed by atoms with Gasteiger partial charge in [-0.1, -0.05) is 6.07 Å². The summed E-state index contributed by atoms with van der Waals surface area (Å²) in [4.78, 5) is 29.3. The van der Waals surface area contributed by atoms with Gasteiger partial charge < -0.3 is 0 Å². The summed E-state index contributed by atoms with van der Waals surface area (Å²) in [5.41, 5.74) is 4.75. The van der Waals surface area contributed by atoms with Crippen molar-refractivity contribution >= 4 is 33.1 Å². The van der Waals surface area contributed by atoms with E-state index in [4.69, 9.17) is 0 Å². The Morgan fingerprint density at radius 2 is 1.62 bits per heavy atom. The number of allylic oxidation sites excluding steroid dienone is 4. The standard InChI is InChI=1S/C20H21NO2S/c1-11-8-9-16-17(10-11)24-18(21-16)7-5-6-15-14(4)19(22)12(2)13(3)20(15)23/h8-10H,5-7H2,1-4H3. The van der Waals surface area contributed by atoms with E-state index in [1.54, 1.807) is 32.1 Å². The Hall–Kier alpha value is -2.07. The third-order valence-corrected chi connectivity index (χ3v) is 5.79. The van der Waals surface area contributed by atoms with E-state index in [-0.39, 0.29) is 11.6 Å². The molecule has 1 heterocycles. The fraction of sp³-hybridized carbons (Fsp3) is 0.350. The van der Waals surface area contributed by atoms with Crippen molar-refractivity contribution in [1.82, 2.24) is 4.98 Å². The van der Waals surface area contributed by atoms with Gasteiger partial charge in [0.15, 0.2) is 11.6 Å². The summed E-state index contributed by atoms with van der Waals surface area (Å²) < 4.78 is 1.21. The first-order valence-corrected chi connectivity index (χ1v) is 9.03. The third kappa shape index (κ3) is 2.98. The second-order valence-corrected chi connectivity index (χ2v) is 7.56. The first kappa shape index (κ1) is 16.8. The summed E-state index contributed by atoms with van der Waals surface area (Å²) in [7, 11) is 0. The van der Waals surface area contributed by atoms with Crippen LogP contribution in [0.2, 0.25) is 0 Å². The zero-order valence-corrected chi connectivity index (χ0v) is 15.3. The van der Waals surface area contributed by atoms with Gasteiger partial charge in [0.1, 0.15) is 0 Å². The lowest BCUT2D eigenvalue weighted by atomic mass is 9.84. The molecule has 0 radical (unpaired) electrons. The van der Waals surface area contributed by atoms with Gasteiger partial charge in [0.05, 0.1) is 15.2 Å². The number of ketones is 2. The molecule has 0 saturated carbocycles. The first-order chi connectivity index (χ1) is 11.4. The number of thiazole rings is 1. The van der Waals surface area contributed by atoms with E-state index in [0.717, 1.165) is 23.4 Å². The number of rotatable bonds is 4. The predicted octanol–water partition coefficient (Wildman–Crippen LogP) is 4.73. The maximum atomic E-state index is 12.4. The van der Waals surface area contributed by atoms with Crippen LogP contribution in [0.5, 0.6) is 0 Å². The minimum absolute atomic E-state index is 0.0116. The fourth-order valence-corrected chi connectivity index (χ4v) is 4.17. The van der Waals surface area contributed by atoms with E-state index in [2.05, 4.69) is 30.1 Å². The molecule has 24 heavy (non-hydrogen) atoms. The molecule has 1 aliphatic rings. The molecule has 0 saturated heterocycles. The quantitative estimate of drug-likeness (QED) is 0.756. The number of Topliss-reactive ketones (excluding diaryl/α,β-unsaturated/α-hetero) is 2. The molecule has 1 aromatic heterocycles. The summed E-state index contributed by atoms with van der Waals surface area (Å²) in [6.45, 7) is 7.33. The molecule has 0 atom stereocenters. The summed E-state index contributed by atoms with van der Waals surface area (Å²) in [5, 5.41) is 1.09. The Kier molecular flexibility index (Phi) is 4.50. The number of nitrogens with zero attached hydrogens (tertiary/aromatic N) is 1. The van der Waals surface area contributed by atoms with Crippen molar-refractivity contribution in [3.05, 3.63) is 51.1 Å². The average molecular weight is 339 g/mol. The summed E-state index contributed by atoms with van der Waals surface area (Å²) in [6, 6.07) is 6.28. The van der Waals surface area contributed by atoms with E-state index in [9.17, 15) is 9.59 Å². The molecule has 1 aromatic carbocycles. The van der Waals surface area contributed by atoms with Crippen LogP contribution in [0.1, 0.15) is 44.2 Å². The molecular formula is C20H21NO2S. The topological polar surface area (TPSA) is 47.0 Å². The Balaban J connectivity index is 1.71. The molecule has 0 N–H and O–H groups in total. The molecule has 0 amide bonds. The number of aromatic nitrogens is 1. The lowest BCUT2D eigenvalue weighted by Gasteiger charge is -2.18. The molecule has 0 fully saturated rings. The number of hydrogen-bond acceptors (Lipinski definition) is 4. The van der Waals surface area contributed by atoms with E-state index in [0.29, 0.717) is 28.7 Å². The van der Waals surface area contributed by atoms with Crippen molar-refractivity contribution < 1.29 is 9.59 Å². The van der Waals surface area contributed by atoms with Crippen LogP contribution >= 0.6 is 11.3 Å². The number of carbonyl (C=O) groups is 2. The highest BCUT2D eigenvalue weighted by Crippen LogP contribution is 2.29. The van der Waals surface area contributed by atoms with Crippen LogP contribution in [-0.4, -0.2) is 16.6 Å². The summed E-state index contributed by atoms with van der Waals surface area (Å²) >= 11 is 1.71. The SMILES string of the molecule is CC1=C(C)C(=O)C(CCCc2nc3ccc(C)cc3s2)=C(C)C1=O. The molecule has 3 nitrogen and oxygen atoms in total. The molecule has 0 aliphatic heterocycles. The maximum absolute atomic E-state index is 12.4. The minimum Gasteiger partial charge on any atom is -0.289 e. The molecule has 3 rings (SSSR count). The lowest BCUT2D eigenvalue weighted by molar-refractivity contribution is -0.116. The van der Waals surface area contributed by atoms with Crippen LogP contribution < -0.4 is 0 Å². The summed E-state index contributed by atoms with van der Waals surface area (Å²) in [6.07, 6.45) is 2.30. The van der Waals surface area contributed by atoms with Crippen LogP contribution in [0.4, 0.5) is 0 Å². The number of hydrogen-bond donors (Lipinski definition) is 0. The zero-order chi connectivity index (χ0) is 17.4. The number of aryl methyl sites for hydroxylation is 2. The molecule has 1 aliphatic carbocycles. The van der Waals surface area contributed by atoms with Gasteiger partial charge >= 0.3 is 0 Å². The van der Waals surface area contributed by atoms with Crippen LogP contribution in [0, 0.1) is 6.92 Å². The molecule has 2 aromatic rings. The van der Waals surface area contributed by atoms with Crippen LogP contribution in [0.25, 0.3) is 10.2 Å². The Labute approximate surface area is 146 Å². The largest absolute Gasteiger partial charge is 0.289 e. The Morgan fingerprint density at radius 1 is 0.917 bits per heavy atom. The van der Waals surface area contributed by atoms with E-state index < -0.39 is 0 Å². The van der Waals surface area contributed by atoms with Gasteiger partial charge in [0.25, 0.3) is 0 Å². The van der Waals surface area contributed by atoms with Crippen molar-refractivity contribution in [2.75, 3.05) is 0 Å². The number of benzene rings is 1. The monoisotopic (exact) mass is 339 g/mol. The van der Waals surface area contributed by atoms with Gasteiger partial charge in [0, 0.05) is 22.3 Å². The van der Waals surface area contributed by atoms with E-state index in [1.807, 2.05) is 0 Å². The summed E-state index contributed by atoms with van der Waals surface area (Å²) in [5.74, 6) is 0.0436. The third-order valence-electron chi connectivity index (χ3n) is 4.72. The Bertz CT molecular complexity index is 915. The van der Waals surface area contributed by atoms with Crippen molar-refractivity contribution in [2.24, 2.45) is 0 Å². The van der Waals surface area contributed by atoms with Gasteiger partial charge in [0.2, 0.25) is 0 Å². The number of carbonyl (C=O) groups excluding carboxylic acids is 2. The van der Waals surface area contributed by atoms with Gasteiger partial charge in [-0.25, -0.2) is 4.98 Å². The molecule has 124 valence electrons. The van der Waals surface area contributed by atoms with E-state index in [1.165, 1.54) is 10.3 Å². The molecule has 0 unspecified atom stereocenters. The highest BCUT2D eigenvalue weighted by Gasteiger charge is 2.27. The van der Waals surface area contributed by atoms with Crippen molar-refractivity contribution in [3.63, 3.8) is 0 Å². The normalized spacial score (nSPS) is 15.8. The lowest BCUT2D eigenvalue weighted by Crippen LogP contribution is -2.20. The second kappa shape index (κ2) is 6.44. The fourth-order valence-electron chi connectivity index (χ4n) is 3.06. The van der Waals surface area contributed by atoms with Gasteiger partial charge in [-0.15, -0.1) is 11.3 Å². The van der Waals surface area contributed by atoms with Crippen LogP contribution in [-0.2, 0) is 16.0 Å².